The van der Waals surface area contributed by atoms with Crippen LogP contribution >= 0.6 is 0 Å². The summed E-state index contributed by atoms with van der Waals surface area (Å²) in [5.41, 5.74) is 6.95. The number of methoxy groups -OCH3 is 3. The lowest BCUT2D eigenvalue weighted by Gasteiger charge is -2.20. The van der Waals surface area contributed by atoms with Gasteiger partial charge in [-0.25, -0.2) is 0 Å². The van der Waals surface area contributed by atoms with E-state index in [0.29, 0.717) is 23.7 Å². The first-order valence-electron chi connectivity index (χ1n) is 8.35. The van der Waals surface area contributed by atoms with Crippen LogP contribution in [0.25, 0.3) is 0 Å². The molecule has 1 aliphatic rings. The molecule has 0 spiro atoms. The van der Waals surface area contributed by atoms with Crippen molar-refractivity contribution in [1.29, 1.82) is 0 Å². The molecule has 6 nitrogen and oxygen atoms in total. The van der Waals surface area contributed by atoms with Crippen molar-refractivity contribution in [2.45, 2.75) is 44.7 Å². The molecule has 1 unspecified atom stereocenters. The average molecular weight is 336 g/mol. The number of benzene rings is 1. The van der Waals surface area contributed by atoms with Gasteiger partial charge in [0.05, 0.1) is 27.4 Å². The number of carbonyl (C=O) groups is 1. The maximum Gasteiger partial charge on any atom is 0.220 e. The van der Waals surface area contributed by atoms with Crippen LogP contribution in [0.5, 0.6) is 17.2 Å². The molecule has 24 heavy (non-hydrogen) atoms. The third kappa shape index (κ3) is 4.12. The van der Waals surface area contributed by atoms with Crippen LogP contribution in [0.1, 0.15) is 44.2 Å². The zero-order chi connectivity index (χ0) is 17.7. The van der Waals surface area contributed by atoms with Crippen molar-refractivity contribution in [3.8, 4) is 17.2 Å². The van der Waals surface area contributed by atoms with Gasteiger partial charge in [0.15, 0.2) is 11.5 Å². The minimum Gasteiger partial charge on any atom is -0.493 e. The highest BCUT2D eigenvalue weighted by molar-refractivity contribution is 5.77. The normalized spacial score (nSPS) is 21.2. The fourth-order valence-corrected chi connectivity index (χ4v) is 3.29. The summed E-state index contributed by atoms with van der Waals surface area (Å²) in [4.78, 5) is 12.3. The minimum absolute atomic E-state index is 0.0265. The average Bonchev–Trinajstić information content (AvgIpc) is 2.97. The molecule has 2 rings (SSSR count). The van der Waals surface area contributed by atoms with E-state index in [1.807, 2.05) is 19.1 Å². The van der Waals surface area contributed by atoms with E-state index in [-0.39, 0.29) is 23.9 Å². The van der Waals surface area contributed by atoms with Crippen molar-refractivity contribution in [2.75, 3.05) is 21.3 Å². The number of nitrogens with two attached hydrogens (primary N) is 1. The number of rotatable bonds is 7. The third-order valence-electron chi connectivity index (χ3n) is 4.73. The monoisotopic (exact) mass is 336 g/mol. The predicted molar refractivity (Wildman–Crippen MR) is 92.6 cm³/mol. The lowest BCUT2D eigenvalue weighted by Crippen LogP contribution is -2.32. The van der Waals surface area contributed by atoms with Crippen LogP contribution in [0.2, 0.25) is 0 Å². The van der Waals surface area contributed by atoms with Crippen molar-refractivity contribution in [3.05, 3.63) is 17.7 Å². The van der Waals surface area contributed by atoms with Gasteiger partial charge in [-0.05, 0) is 43.4 Å². The molecule has 1 fully saturated rings. The molecule has 6 heteroatoms. The summed E-state index contributed by atoms with van der Waals surface area (Å²) >= 11 is 0. The van der Waals surface area contributed by atoms with Crippen LogP contribution in [0.4, 0.5) is 0 Å². The van der Waals surface area contributed by atoms with Gasteiger partial charge in [0, 0.05) is 12.5 Å². The van der Waals surface area contributed by atoms with Crippen molar-refractivity contribution in [1.82, 2.24) is 5.32 Å². The first kappa shape index (κ1) is 18.4. The maximum atomic E-state index is 12.3. The van der Waals surface area contributed by atoms with E-state index in [2.05, 4.69) is 5.32 Å². The molecule has 0 saturated heterocycles. The van der Waals surface area contributed by atoms with E-state index < -0.39 is 0 Å². The molecule has 1 aromatic rings. The van der Waals surface area contributed by atoms with Gasteiger partial charge in [0.2, 0.25) is 11.7 Å². The number of ether oxygens (including phenoxy) is 3. The molecule has 1 aliphatic carbocycles. The van der Waals surface area contributed by atoms with E-state index in [9.17, 15) is 4.79 Å². The van der Waals surface area contributed by atoms with E-state index in [0.717, 1.165) is 24.8 Å². The van der Waals surface area contributed by atoms with Gasteiger partial charge < -0.3 is 25.3 Å². The second kappa shape index (κ2) is 8.24. The highest BCUT2D eigenvalue weighted by Crippen LogP contribution is 2.39. The number of hydrogen-bond donors (Lipinski definition) is 2. The van der Waals surface area contributed by atoms with Gasteiger partial charge in [-0.2, -0.15) is 0 Å². The molecule has 134 valence electrons. The molecule has 0 heterocycles. The molecule has 0 radical (unpaired) electrons. The minimum atomic E-state index is -0.163. The van der Waals surface area contributed by atoms with Crippen LogP contribution in [0.15, 0.2) is 12.1 Å². The third-order valence-corrected chi connectivity index (χ3v) is 4.73. The van der Waals surface area contributed by atoms with E-state index in [4.69, 9.17) is 19.9 Å². The molecule has 3 atom stereocenters. The van der Waals surface area contributed by atoms with Crippen molar-refractivity contribution in [2.24, 2.45) is 11.7 Å². The Balaban J connectivity index is 2.08. The predicted octanol–water partition coefficient (Wildman–Crippen LogP) is 2.41. The Bertz CT molecular complexity index is 551. The second-order valence-corrected chi connectivity index (χ2v) is 6.31. The molecular formula is C18H28N2O4. The summed E-state index contributed by atoms with van der Waals surface area (Å²) in [6, 6.07) is 3.69. The van der Waals surface area contributed by atoms with Gasteiger partial charge in [0.1, 0.15) is 0 Å². The Morgan fingerprint density at radius 2 is 1.83 bits per heavy atom. The van der Waals surface area contributed by atoms with Crippen LogP contribution in [0.3, 0.4) is 0 Å². The quantitative estimate of drug-likeness (QED) is 0.799. The zero-order valence-electron chi connectivity index (χ0n) is 14.9. The topological polar surface area (TPSA) is 82.8 Å². The highest BCUT2D eigenvalue weighted by Gasteiger charge is 2.26. The van der Waals surface area contributed by atoms with E-state index in [1.165, 1.54) is 0 Å². The molecule has 1 aromatic carbocycles. The summed E-state index contributed by atoms with van der Waals surface area (Å²) in [5.74, 6) is 2.01. The molecular weight excluding hydrogens is 308 g/mol. The van der Waals surface area contributed by atoms with Gasteiger partial charge in [0.25, 0.3) is 0 Å². The van der Waals surface area contributed by atoms with Crippen molar-refractivity contribution >= 4 is 5.91 Å². The summed E-state index contributed by atoms with van der Waals surface area (Å²) in [6.07, 6.45) is 3.64. The van der Waals surface area contributed by atoms with Crippen molar-refractivity contribution in [3.63, 3.8) is 0 Å². The zero-order valence-corrected chi connectivity index (χ0v) is 14.9. The number of hydrogen-bond acceptors (Lipinski definition) is 5. The first-order valence-corrected chi connectivity index (χ1v) is 8.35. The van der Waals surface area contributed by atoms with Crippen molar-refractivity contribution < 1.29 is 19.0 Å². The van der Waals surface area contributed by atoms with Crippen LogP contribution in [0, 0.1) is 5.92 Å². The van der Waals surface area contributed by atoms with Crippen LogP contribution in [-0.2, 0) is 4.79 Å². The molecule has 0 aromatic heterocycles. The number of nitrogens with one attached hydrogen (secondary N) is 1. The molecule has 3 N–H and O–H groups in total. The Hall–Kier alpha value is -1.95. The number of amides is 1. The van der Waals surface area contributed by atoms with E-state index >= 15 is 0 Å². The standard InChI is InChI=1S/C18H28N2O4/c1-11(20-17(21)10-12-6-5-7-14(12)19)13-8-15(22-2)18(24-4)16(9-13)23-3/h8-9,11-12,14H,5-7,10,19H2,1-4H3,(H,20,21)/t11?,12-,14+/m0/s1. The Morgan fingerprint density at radius 1 is 1.21 bits per heavy atom. The van der Waals surface area contributed by atoms with Gasteiger partial charge in [-0.1, -0.05) is 6.42 Å². The Kier molecular flexibility index (Phi) is 6.31. The lowest BCUT2D eigenvalue weighted by atomic mass is 9.99. The molecule has 0 aliphatic heterocycles. The summed E-state index contributed by atoms with van der Waals surface area (Å²) < 4.78 is 16.0. The Labute approximate surface area is 143 Å². The molecule has 1 saturated carbocycles. The summed E-state index contributed by atoms with van der Waals surface area (Å²) in [5, 5.41) is 3.04. The SMILES string of the molecule is COc1cc(C(C)NC(=O)C[C@@H]2CCC[C@H]2N)cc(OC)c1OC. The smallest absolute Gasteiger partial charge is 0.220 e. The van der Waals surface area contributed by atoms with Gasteiger partial charge in [-0.15, -0.1) is 0 Å². The second-order valence-electron chi connectivity index (χ2n) is 6.31. The lowest BCUT2D eigenvalue weighted by molar-refractivity contribution is -0.122. The number of carbonyl (C=O) groups excluding carboxylic acids is 1. The molecule has 0 bridgehead atoms. The van der Waals surface area contributed by atoms with Crippen LogP contribution in [-0.4, -0.2) is 33.3 Å². The summed E-state index contributed by atoms with van der Waals surface area (Å²) in [6.45, 7) is 1.94. The van der Waals surface area contributed by atoms with Gasteiger partial charge >= 0.3 is 0 Å². The van der Waals surface area contributed by atoms with Crippen LogP contribution < -0.4 is 25.3 Å². The Morgan fingerprint density at radius 3 is 2.29 bits per heavy atom. The molecule has 1 amide bonds. The largest absolute Gasteiger partial charge is 0.493 e. The fraction of sp³-hybridized carbons (Fsp3) is 0.611. The first-order chi connectivity index (χ1) is 11.5. The van der Waals surface area contributed by atoms with E-state index in [1.54, 1.807) is 21.3 Å². The highest BCUT2D eigenvalue weighted by atomic mass is 16.5. The fourth-order valence-electron chi connectivity index (χ4n) is 3.29. The van der Waals surface area contributed by atoms with Gasteiger partial charge in [-0.3, -0.25) is 4.79 Å². The maximum absolute atomic E-state index is 12.3. The summed E-state index contributed by atoms with van der Waals surface area (Å²) in [7, 11) is 4.72.